The molecule has 0 aromatic rings. The van der Waals surface area contributed by atoms with Crippen LogP contribution in [0.15, 0.2) is 0 Å². The lowest BCUT2D eigenvalue weighted by atomic mass is 9.88. The number of rotatable bonds is 4. The maximum absolute atomic E-state index is 12.0. The van der Waals surface area contributed by atoms with E-state index in [1.165, 1.54) is 13.8 Å². The van der Waals surface area contributed by atoms with Gasteiger partial charge in [-0.2, -0.15) is 0 Å². The fourth-order valence-corrected chi connectivity index (χ4v) is 1.69. The Bertz CT molecular complexity index is 450. The van der Waals surface area contributed by atoms with Crippen molar-refractivity contribution in [3.63, 3.8) is 0 Å². The molecule has 20 heavy (non-hydrogen) atoms. The number of carbonyl (C=O) groups is 4. The number of aliphatic carboxylic acids is 1. The summed E-state index contributed by atoms with van der Waals surface area (Å²) in [6.07, 6.45) is 0.345. The van der Waals surface area contributed by atoms with Crippen LogP contribution in [0.25, 0.3) is 0 Å². The lowest BCUT2D eigenvalue weighted by molar-refractivity contribution is -0.148. The Morgan fingerprint density at radius 2 is 2.10 bits per heavy atom. The molecule has 2 atom stereocenters. The molecule has 3 N–H and O–H groups in total. The quantitative estimate of drug-likeness (QED) is 0.605. The minimum Gasteiger partial charge on any atom is -0.481 e. The Morgan fingerprint density at radius 1 is 1.50 bits per heavy atom. The summed E-state index contributed by atoms with van der Waals surface area (Å²) in [4.78, 5) is 46.9. The first-order chi connectivity index (χ1) is 9.21. The average Bonchev–Trinajstić information content (AvgIpc) is 2.39. The second kappa shape index (κ2) is 5.89. The standard InChI is InChI=1S/C12H19N3O5/c1-4-12(3,10(18)19)6-13-11(20)15-5-8(16)14-9(17)7(15)2/h7H,4-6H2,1-3H3,(H,13,20)(H,18,19)(H,14,16,17). The third-order valence-electron chi connectivity index (χ3n) is 3.61. The van der Waals surface area contributed by atoms with Crippen molar-refractivity contribution in [3.8, 4) is 0 Å². The van der Waals surface area contributed by atoms with Gasteiger partial charge in [0.25, 0.3) is 0 Å². The van der Waals surface area contributed by atoms with Crippen LogP contribution in [0.5, 0.6) is 0 Å². The maximum Gasteiger partial charge on any atom is 0.318 e. The Labute approximate surface area is 116 Å². The number of nitrogens with zero attached hydrogens (tertiary/aromatic N) is 1. The molecule has 0 saturated carbocycles. The van der Waals surface area contributed by atoms with Gasteiger partial charge in [-0.05, 0) is 20.3 Å². The highest BCUT2D eigenvalue weighted by Crippen LogP contribution is 2.20. The third-order valence-corrected chi connectivity index (χ3v) is 3.61. The largest absolute Gasteiger partial charge is 0.481 e. The summed E-state index contributed by atoms with van der Waals surface area (Å²) < 4.78 is 0. The molecule has 0 aromatic heterocycles. The van der Waals surface area contributed by atoms with Crippen molar-refractivity contribution in [2.75, 3.05) is 13.1 Å². The molecule has 1 heterocycles. The van der Waals surface area contributed by atoms with Gasteiger partial charge < -0.3 is 15.3 Å². The van der Waals surface area contributed by atoms with Crippen molar-refractivity contribution >= 4 is 23.8 Å². The predicted octanol–water partition coefficient (Wildman–Crippen LogP) is -0.456. The number of nitrogens with one attached hydrogen (secondary N) is 2. The monoisotopic (exact) mass is 285 g/mol. The summed E-state index contributed by atoms with van der Waals surface area (Å²) in [6, 6.07) is -1.40. The van der Waals surface area contributed by atoms with Gasteiger partial charge in [0, 0.05) is 6.54 Å². The third kappa shape index (κ3) is 3.25. The molecule has 1 aliphatic heterocycles. The fourth-order valence-electron chi connectivity index (χ4n) is 1.69. The highest BCUT2D eigenvalue weighted by Gasteiger charge is 2.36. The first-order valence-corrected chi connectivity index (χ1v) is 6.33. The molecule has 1 fully saturated rings. The summed E-state index contributed by atoms with van der Waals surface area (Å²) in [5.74, 6) is -2.12. The summed E-state index contributed by atoms with van der Waals surface area (Å²) >= 11 is 0. The van der Waals surface area contributed by atoms with Crippen molar-refractivity contribution in [1.82, 2.24) is 15.5 Å². The number of carboxylic acid groups (broad SMARTS) is 1. The first kappa shape index (κ1) is 15.9. The molecule has 2 unspecified atom stereocenters. The average molecular weight is 285 g/mol. The number of hydrogen-bond acceptors (Lipinski definition) is 4. The zero-order valence-electron chi connectivity index (χ0n) is 11.7. The van der Waals surface area contributed by atoms with Crippen molar-refractivity contribution in [3.05, 3.63) is 0 Å². The van der Waals surface area contributed by atoms with Crippen molar-refractivity contribution < 1.29 is 24.3 Å². The molecule has 1 aliphatic rings. The predicted molar refractivity (Wildman–Crippen MR) is 68.8 cm³/mol. The second-order valence-corrected chi connectivity index (χ2v) is 5.09. The molecule has 1 rings (SSSR count). The molecule has 0 aromatic carbocycles. The van der Waals surface area contributed by atoms with Gasteiger partial charge in [0.2, 0.25) is 11.8 Å². The van der Waals surface area contributed by atoms with Gasteiger partial charge in [0.1, 0.15) is 12.6 Å². The van der Waals surface area contributed by atoms with E-state index in [-0.39, 0.29) is 13.1 Å². The molecule has 112 valence electrons. The van der Waals surface area contributed by atoms with Crippen LogP contribution in [-0.2, 0) is 14.4 Å². The van der Waals surface area contributed by atoms with Crippen LogP contribution >= 0.6 is 0 Å². The number of hydrogen-bond donors (Lipinski definition) is 3. The molecule has 1 saturated heterocycles. The van der Waals surface area contributed by atoms with Crippen LogP contribution in [0, 0.1) is 5.41 Å². The molecule has 0 aliphatic carbocycles. The van der Waals surface area contributed by atoms with Crippen LogP contribution in [0.2, 0.25) is 0 Å². The molecular weight excluding hydrogens is 266 g/mol. The zero-order chi connectivity index (χ0) is 15.5. The molecule has 0 spiro atoms. The Morgan fingerprint density at radius 3 is 2.60 bits per heavy atom. The minimum atomic E-state index is -1.08. The first-order valence-electron chi connectivity index (χ1n) is 6.33. The van der Waals surface area contributed by atoms with E-state index >= 15 is 0 Å². The van der Waals surface area contributed by atoms with Gasteiger partial charge in [-0.15, -0.1) is 0 Å². The van der Waals surface area contributed by atoms with E-state index in [9.17, 15) is 19.2 Å². The SMILES string of the molecule is CCC(C)(CNC(=O)N1CC(=O)NC(=O)C1C)C(=O)O. The van der Waals surface area contributed by atoms with Gasteiger partial charge in [0.15, 0.2) is 0 Å². The molecule has 8 nitrogen and oxygen atoms in total. The second-order valence-electron chi connectivity index (χ2n) is 5.09. The van der Waals surface area contributed by atoms with Crippen molar-refractivity contribution in [2.24, 2.45) is 5.41 Å². The summed E-state index contributed by atoms with van der Waals surface area (Å²) in [7, 11) is 0. The topological polar surface area (TPSA) is 116 Å². The number of carbonyl (C=O) groups excluding carboxylic acids is 3. The molecule has 0 radical (unpaired) electrons. The van der Waals surface area contributed by atoms with E-state index < -0.39 is 35.3 Å². The van der Waals surface area contributed by atoms with E-state index in [0.717, 1.165) is 4.90 Å². The number of carboxylic acids is 1. The summed E-state index contributed by atoms with van der Waals surface area (Å²) in [5, 5.41) is 13.7. The molecular formula is C12H19N3O5. The number of imide groups is 1. The lowest BCUT2D eigenvalue weighted by Gasteiger charge is -2.33. The summed E-state index contributed by atoms with van der Waals surface area (Å²) in [6.45, 7) is 4.43. The molecule has 8 heteroatoms. The summed E-state index contributed by atoms with van der Waals surface area (Å²) in [5.41, 5.74) is -1.08. The fraction of sp³-hybridized carbons (Fsp3) is 0.667. The maximum atomic E-state index is 12.0. The van der Waals surface area contributed by atoms with Crippen LogP contribution in [0.3, 0.4) is 0 Å². The van der Waals surface area contributed by atoms with Gasteiger partial charge in [-0.25, -0.2) is 4.79 Å². The van der Waals surface area contributed by atoms with E-state index in [0.29, 0.717) is 6.42 Å². The van der Waals surface area contributed by atoms with Crippen LogP contribution < -0.4 is 10.6 Å². The van der Waals surface area contributed by atoms with E-state index in [2.05, 4.69) is 10.6 Å². The van der Waals surface area contributed by atoms with E-state index in [1.807, 2.05) is 0 Å². The zero-order valence-corrected chi connectivity index (χ0v) is 11.7. The number of amides is 4. The van der Waals surface area contributed by atoms with Crippen LogP contribution in [0.1, 0.15) is 27.2 Å². The number of urea groups is 1. The smallest absolute Gasteiger partial charge is 0.318 e. The van der Waals surface area contributed by atoms with Gasteiger partial charge >= 0.3 is 12.0 Å². The highest BCUT2D eigenvalue weighted by molar-refractivity contribution is 6.03. The Hall–Kier alpha value is -2.12. The lowest BCUT2D eigenvalue weighted by Crippen LogP contribution is -2.61. The van der Waals surface area contributed by atoms with Crippen molar-refractivity contribution in [2.45, 2.75) is 33.2 Å². The van der Waals surface area contributed by atoms with Gasteiger partial charge in [-0.1, -0.05) is 6.92 Å². The Kier molecular flexibility index (Phi) is 4.69. The van der Waals surface area contributed by atoms with Gasteiger partial charge in [0.05, 0.1) is 5.41 Å². The minimum absolute atomic E-state index is 0.0727. The Balaban J connectivity index is 2.69. The normalized spacial score (nSPS) is 21.9. The number of piperazine rings is 1. The van der Waals surface area contributed by atoms with Gasteiger partial charge in [-0.3, -0.25) is 19.7 Å². The van der Waals surface area contributed by atoms with Crippen LogP contribution in [-0.4, -0.2) is 53.0 Å². The highest BCUT2D eigenvalue weighted by atomic mass is 16.4. The van der Waals surface area contributed by atoms with E-state index in [1.54, 1.807) is 6.92 Å². The molecule has 0 bridgehead atoms. The van der Waals surface area contributed by atoms with Crippen molar-refractivity contribution in [1.29, 1.82) is 0 Å². The van der Waals surface area contributed by atoms with Crippen LogP contribution in [0.4, 0.5) is 4.79 Å². The van der Waals surface area contributed by atoms with E-state index in [4.69, 9.17) is 5.11 Å². The molecule has 4 amide bonds.